The predicted octanol–water partition coefficient (Wildman–Crippen LogP) is 0.466. The topological polar surface area (TPSA) is 63.1 Å². The second-order valence-electron chi connectivity index (χ2n) is 4.40. The Bertz CT molecular complexity index is 467. The maximum atomic E-state index is 11.4. The number of carbonyl (C=O) groups excluding carboxylic acids is 1. The number of nitrogens with zero attached hydrogens (tertiary/aromatic N) is 1. The predicted molar refractivity (Wildman–Crippen MR) is 66.0 cm³/mol. The third kappa shape index (κ3) is 3.09. The molecule has 0 spiro atoms. The fourth-order valence-electron chi connectivity index (χ4n) is 2.01. The number of nitrogens with one attached hydrogen (secondary N) is 2. The van der Waals surface area contributed by atoms with Crippen LogP contribution in [0.5, 0.6) is 0 Å². The summed E-state index contributed by atoms with van der Waals surface area (Å²) < 4.78 is 1.53. The third-order valence-corrected chi connectivity index (χ3v) is 2.94. The lowest BCUT2D eigenvalue weighted by molar-refractivity contribution is -0.120. The molecule has 1 amide bonds. The van der Waals surface area contributed by atoms with Crippen LogP contribution in [0.2, 0.25) is 0 Å². The largest absolute Gasteiger partial charge is 0.381 e. The van der Waals surface area contributed by atoms with Gasteiger partial charge in [0.1, 0.15) is 0 Å². The molecular formula is C12H17N3O2. The van der Waals surface area contributed by atoms with E-state index in [1.165, 1.54) is 10.6 Å². The van der Waals surface area contributed by atoms with Gasteiger partial charge in [-0.3, -0.25) is 9.59 Å². The Morgan fingerprint density at radius 1 is 1.41 bits per heavy atom. The molecule has 1 atom stereocenters. The quantitative estimate of drug-likeness (QED) is 0.783. The maximum Gasteiger partial charge on any atom is 0.250 e. The van der Waals surface area contributed by atoms with Crippen molar-refractivity contribution in [1.29, 1.82) is 0 Å². The summed E-state index contributed by atoms with van der Waals surface area (Å²) >= 11 is 0. The van der Waals surface area contributed by atoms with Crippen molar-refractivity contribution in [2.75, 3.05) is 11.9 Å². The number of carbonyl (C=O) groups is 1. The van der Waals surface area contributed by atoms with Crippen LogP contribution in [0.4, 0.5) is 5.69 Å². The van der Waals surface area contributed by atoms with Crippen molar-refractivity contribution < 1.29 is 4.79 Å². The van der Waals surface area contributed by atoms with Crippen LogP contribution in [-0.2, 0) is 11.8 Å². The summed E-state index contributed by atoms with van der Waals surface area (Å²) in [5, 5.41) is 6.15. The van der Waals surface area contributed by atoms with Gasteiger partial charge >= 0.3 is 0 Å². The van der Waals surface area contributed by atoms with Gasteiger partial charge in [-0.2, -0.15) is 0 Å². The van der Waals surface area contributed by atoms with E-state index in [-0.39, 0.29) is 17.5 Å². The van der Waals surface area contributed by atoms with Crippen molar-refractivity contribution in [3.63, 3.8) is 0 Å². The normalized spacial score (nSPS) is 20.5. The molecule has 1 aromatic rings. The second-order valence-corrected chi connectivity index (χ2v) is 4.40. The lowest BCUT2D eigenvalue weighted by Crippen LogP contribution is -2.27. The summed E-state index contributed by atoms with van der Waals surface area (Å²) in [6, 6.07) is 3.43. The minimum atomic E-state index is -0.0332. The Morgan fingerprint density at radius 2 is 2.24 bits per heavy atom. The smallest absolute Gasteiger partial charge is 0.250 e. The van der Waals surface area contributed by atoms with E-state index in [0.717, 1.165) is 25.1 Å². The molecule has 17 heavy (non-hydrogen) atoms. The van der Waals surface area contributed by atoms with Crippen LogP contribution in [0.15, 0.2) is 23.1 Å². The number of pyridine rings is 1. The molecule has 1 aliphatic heterocycles. The van der Waals surface area contributed by atoms with Crippen molar-refractivity contribution in [3.05, 3.63) is 28.7 Å². The lowest BCUT2D eigenvalue weighted by atomic mass is 10.1. The van der Waals surface area contributed by atoms with Gasteiger partial charge in [0.15, 0.2) is 0 Å². The zero-order valence-corrected chi connectivity index (χ0v) is 9.90. The van der Waals surface area contributed by atoms with Crippen LogP contribution in [-0.4, -0.2) is 23.1 Å². The van der Waals surface area contributed by atoms with Crippen molar-refractivity contribution in [2.45, 2.75) is 25.3 Å². The summed E-state index contributed by atoms with van der Waals surface area (Å²) in [6.45, 7) is 0.754. The lowest BCUT2D eigenvalue weighted by Gasteiger charge is -2.16. The van der Waals surface area contributed by atoms with E-state index >= 15 is 0 Å². The molecule has 92 valence electrons. The minimum Gasteiger partial charge on any atom is -0.381 e. The number of aryl methyl sites for hydroxylation is 1. The third-order valence-electron chi connectivity index (χ3n) is 2.94. The Labute approximate surface area is 99.8 Å². The first kappa shape index (κ1) is 11.7. The highest BCUT2D eigenvalue weighted by Gasteiger charge is 2.16. The Hall–Kier alpha value is -1.78. The van der Waals surface area contributed by atoms with Gasteiger partial charge in [-0.1, -0.05) is 0 Å². The minimum absolute atomic E-state index is 0.0332. The number of amides is 1. The van der Waals surface area contributed by atoms with Gasteiger partial charge in [-0.25, -0.2) is 0 Å². The van der Waals surface area contributed by atoms with E-state index in [1.54, 1.807) is 19.3 Å². The molecule has 2 heterocycles. The number of aromatic nitrogens is 1. The van der Waals surface area contributed by atoms with E-state index in [9.17, 15) is 9.59 Å². The Morgan fingerprint density at radius 3 is 3.00 bits per heavy atom. The number of hydrogen-bond donors (Lipinski definition) is 2. The number of hydrogen-bond acceptors (Lipinski definition) is 3. The summed E-state index contributed by atoms with van der Waals surface area (Å²) in [7, 11) is 1.72. The van der Waals surface area contributed by atoms with E-state index in [0.29, 0.717) is 6.42 Å². The summed E-state index contributed by atoms with van der Waals surface area (Å²) in [5.74, 6) is 0.0878. The van der Waals surface area contributed by atoms with Crippen molar-refractivity contribution in [1.82, 2.24) is 9.88 Å². The van der Waals surface area contributed by atoms with E-state index in [2.05, 4.69) is 10.6 Å². The summed E-state index contributed by atoms with van der Waals surface area (Å²) in [6.07, 6.45) is 4.19. The number of rotatable bonds is 2. The van der Waals surface area contributed by atoms with Gasteiger partial charge in [0.2, 0.25) is 11.5 Å². The van der Waals surface area contributed by atoms with Crippen LogP contribution in [0.25, 0.3) is 0 Å². The first-order chi connectivity index (χ1) is 8.15. The zero-order valence-electron chi connectivity index (χ0n) is 9.90. The van der Waals surface area contributed by atoms with Crippen LogP contribution in [0, 0.1) is 0 Å². The SMILES string of the molecule is Cn1cc(NC2CCCNC(=O)C2)ccc1=O. The van der Waals surface area contributed by atoms with Crippen LogP contribution >= 0.6 is 0 Å². The van der Waals surface area contributed by atoms with Crippen molar-refractivity contribution in [3.8, 4) is 0 Å². The molecule has 1 saturated heterocycles. The number of anilines is 1. The van der Waals surface area contributed by atoms with Gasteiger partial charge in [0.25, 0.3) is 0 Å². The first-order valence-electron chi connectivity index (χ1n) is 5.85. The molecular weight excluding hydrogens is 218 g/mol. The monoisotopic (exact) mass is 235 g/mol. The second kappa shape index (κ2) is 5.03. The molecule has 0 aromatic carbocycles. The van der Waals surface area contributed by atoms with E-state index in [4.69, 9.17) is 0 Å². The average molecular weight is 235 g/mol. The van der Waals surface area contributed by atoms with Gasteiger partial charge < -0.3 is 15.2 Å². The van der Waals surface area contributed by atoms with Crippen molar-refractivity contribution >= 4 is 11.6 Å². The van der Waals surface area contributed by atoms with Crippen LogP contribution in [0.3, 0.4) is 0 Å². The molecule has 5 nitrogen and oxygen atoms in total. The Balaban J connectivity index is 2.06. The molecule has 5 heteroatoms. The maximum absolute atomic E-state index is 11.4. The first-order valence-corrected chi connectivity index (χ1v) is 5.85. The molecule has 2 rings (SSSR count). The fourth-order valence-corrected chi connectivity index (χ4v) is 2.01. The van der Waals surface area contributed by atoms with Crippen LogP contribution < -0.4 is 16.2 Å². The van der Waals surface area contributed by atoms with Gasteiger partial charge in [-0.05, 0) is 18.9 Å². The standard InChI is InChI=1S/C12H17N3O2/c1-15-8-10(4-5-12(15)17)14-9-3-2-6-13-11(16)7-9/h4-5,8-9,14H,2-3,6-7H2,1H3,(H,13,16). The van der Waals surface area contributed by atoms with Crippen molar-refractivity contribution in [2.24, 2.45) is 7.05 Å². The van der Waals surface area contributed by atoms with E-state index in [1.807, 2.05) is 0 Å². The van der Waals surface area contributed by atoms with Gasteiger partial charge in [-0.15, -0.1) is 0 Å². The molecule has 0 aliphatic carbocycles. The fraction of sp³-hybridized carbons (Fsp3) is 0.500. The van der Waals surface area contributed by atoms with Gasteiger partial charge in [0, 0.05) is 38.3 Å². The summed E-state index contributed by atoms with van der Waals surface area (Å²) in [4.78, 5) is 22.6. The Kier molecular flexibility index (Phi) is 3.46. The molecule has 0 radical (unpaired) electrons. The highest BCUT2D eigenvalue weighted by molar-refractivity contribution is 5.77. The molecule has 1 aromatic heterocycles. The zero-order chi connectivity index (χ0) is 12.3. The molecule has 2 N–H and O–H groups in total. The molecule has 1 aliphatic rings. The average Bonchev–Trinajstić information content (AvgIpc) is 2.48. The van der Waals surface area contributed by atoms with Crippen LogP contribution in [0.1, 0.15) is 19.3 Å². The molecule has 1 unspecified atom stereocenters. The molecule has 1 fully saturated rings. The van der Waals surface area contributed by atoms with Gasteiger partial charge in [0.05, 0.1) is 5.69 Å². The van der Waals surface area contributed by atoms with E-state index < -0.39 is 0 Å². The highest BCUT2D eigenvalue weighted by Crippen LogP contribution is 2.13. The highest BCUT2D eigenvalue weighted by atomic mass is 16.1. The molecule has 0 bridgehead atoms. The molecule has 0 saturated carbocycles. The summed E-state index contributed by atoms with van der Waals surface area (Å²) in [5.41, 5.74) is 0.848.